The lowest BCUT2D eigenvalue weighted by atomic mass is 9.92. The van der Waals surface area contributed by atoms with Crippen LogP contribution in [0.5, 0.6) is 5.75 Å². The van der Waals surface area contributed by atoms with Gasteiger partial charge in [0.2, 0.25) is 8.03 Å². The van der Waals surface area contributed by atoms with Gasteiger partial charge in [0.25, 0.3) is 0 Å². The molecule has 2 atom stereocenters. The number of carbonyl (C=O) groups excluding carboxylic acids is 1. The number of hydrogen-bond acceptors (Lipinski definition) is 5. The van der Waals surface area contributed by atoms with E-state index in [2.05, 4.69) is 6.58 Å². The van der Waals surface area contributed by atoms with Crippen LogP contribution < -0.4 is 4.74 Å². The second-order valence-electron chi connectivity index (χ2n) is 8.61. The molecule has 0 amide bonds. The minimum absolute atomic E-state index is 0.112. The molecule has 0 radical (unpaired) electrons. The first kappa shape index (κ1) is 26.5. The van der Waals surface area contributed by atoms with Gasteiger partial charge in [-0.25, -0.2) is 9.37 Å². The summed E-state index contributed by atoms with van der Waals surface area (Å²) in [5.41, 5.74) is 4.29. The minimum Gasteiger partial charge on any atom is -0.423 e. The second-order valence-corrected chi connectivity index (χ2v) is 10.5. The highest BCUT2D eigenvalue weighted by atomic mass is 31.1. The van der Waals surface area contributed by atoms with Gasteiger partial charge in [-0.2, -0.15) is 0 Å². The van der Waals surface area contributed by atoms with Crippen molar-refractivity contribution in [3.8, 4) is 28.1 Å². The quantitative estimate of drug-likeness (QED) is 0.176. The molecule has 0 fully saturated rings. The normalized spacial score (nSPS) is 13.8. The molecule has 5 nitrogen and oxygen atoms in total. The Morgan fingerprint density at radius 3 is 2.29 bits per heavy atom. The summed E-state index contributed by atoms with van der Waals surface area (Å²) < 4.78 is 37.7. The topological polar surface area (TPSA) is 65.5 Å². The van der Waals surface area contributed by atoms with E-state index in [1.165, 1.54) is 25.3 Å². The molecule has 1 aromatic heterocycles. The van der Waals surface area contributed by atoms with E-state index in [-0.39, 0.29) is 23.9 Å². The van der Waals surface area contributed by atoms with Crippen LogP contribution in [0, 0.1) is 12.7 Å². The van der Waals surface area contributed by atoms with Gasteiger partial charge in [0, 0.05) is 18.2 Å². The highest BCUT2D eigenvalue weighted by Gasteiger charge is 2.43. The standard InChI is InChI=1S/C28H31FNO4P/c1-7-28(8-2,35(32)33-6)27(31)34-26-23(20-14-16-22(29)17-15-20)19(5)25(30-24(26)18(3)4)21-12-10-9-11-13-21/h7,9-18,35H,1,8H2,2-6H3. The molecule has 0 aliphatic carbocycles. The third-order valence-electron chi connectivity index (χ3n) is 6.16. The molecule has 2 aromatic carbocycles. The van der Waals surface area contributed by atoms with Gasteiger partial charge in [-0.1, -0.05) is 69.3 Å². The number of pyridine rings is 1. The number of aromatic nitrogens is 1. The van der Waals surface area contributed by atoms with Crippen molar-refractivity contribution >= 4 is 14.0 Å². The Kier molecular flexibility index (Phi) is 8.42. The average molecular weight is 496 g/mol. The Hall–Kier alpha value is -3.08. The summed E-state index contributed by atoms with van der Waals surface area (Å²) in [6.07, 6.45) is 1.53. The maximum Gasteiger partial charge on any atom is 0.331 e. The fraction of sp³-hybridized carbons (Fsp3) is 0.286. The zero-order valence-corrected chi connectivity index (χ0v) is 21.7. The fourth-order valence-corrected chi connectivity index (χ4v) is 5.09. The van der Waals surface area contributed by atoms with E-state index >= 15 is 0 Å². The van der Waals surface area contributed by atoms with Gasteiger partial charge in [-0.15, -0.1) is 6.58 Å². The van der Waals surface area contributed by atoms with E-state index in [0.29, 0.717) is 16.8 Å². The zero-order chi connectivity index (χ0) is 25.8. The Labute approximate surface area is 206 Å². The summed E-state index contributed by atoms with van der Waals surface area (Å²) in [5.74, 6) is -0.944. The molecule has 0 aliphatic rings. The van der Waals surface area contributed by atoms with Gasteiger partial charge >= 0.3 is 5.97 Å². The summed E-state index contributed by atoms with van der Waals surface area (Å²) in [6.45, 7) is 11.3. The molecule has 35 heavy (non-hydrogen) atoms. The summed E-state index contributed by atoms with van der Waals surface area (Å²) in [7, 11) is -1.54. The van der Waals surface area contributed by atoms with Crippen LogP contribution in [0.1, 0.15) is 44.4 Å². The number of ether oxygens (including phenoxy) is 1. The number of esters is 1. The van der Waals surface area contributed by atoms with Crippen molar-refractivity contribution in [1.29, 1.82) is 0 Å². The van der Waals surface area contributed by atoms with Crippen LogP contribution in [0.15, 0.2) is 67.3 Å². The van der Waals surface area contributed by atoms with Crippen LogP contribution in [-0.4, -0.2) is 23.2 Å². The van der Waals surface area contributed by atoms with Crippen molar-refractivity contribution < 1.29 is 23.0 Å². The third-order valence-corrected chi connectivity index (χ3v) is 8.03. The van der Waals surface area contributed by atoms with E-state index in [1.807, 2.05) is 51.1 Å². The lowest BCUT2D eigenvalue weighted by Gasteiger charge is -2.27. The van der Waals surface area contributed by atoms with Crippen LogP contribution >= 0.6 is 8.03 Å². The Balaban J connectivity index is 2.33. The van der Waals surface area contributed by atoms with Gasteiger partial charge in [-0.3, -0.25) is 9.36 Å². The predicted molar refractivity (Wildman–Crippen MR) is 139 cm³/mol. The molecular weight excluding hydrogens is 464 g/mol. The predicted octanol–water partition coefficient (Wildman–Crippen LogP) is 7.35. The smallest absolute Gasteiger partial charge is 0.331 e. The molecule has 0 saturated heterocycles. The van der Waals surface area contributed by atoms with E-state index in [4.69, 9.17) is 14.2 Å². The van der Waals surface area contributed by atoms with E-state index in [9.17, 15) is 13.8 Å². The second kappa shape index (κ2) is 11.1. The fourth-order valence-electron chi connectivity index (χ4n) is 4.06. The average Bonchev–Trinajstić information content (AvgIpc) is 2.86. The van der Waals surface area contributed by atoms with Gasteiger partial charge in [0.05, 0.1) is 11.4 Å². The van der Waals surface area contributed by atoms with Crippen molar-refractivity contribution in [2.24, 2.45) is 0 Å². The first-order valence-corrected chi connectivity index (χ1v) is 12.8. The lowest BCUT2D eigenvalue weighted by molar-refractivity contribution is -0.136. The number of rotatable bonds is 9. The van der Waals surface area contributed by atoms with Gasteiger partial charge in [-0.05, 0) is 42.5 Å². The van der Waals surface area contributed by atoms with Gasteiger partial charge < -0.3 is 9.26 Å². The van der Waals surface area contributed by atoms with Crippen LogP contribution in [0.3, 0.4) is 0 Å². The van der Waals surface area contributed by atoms with Crippen molar-refractivity contribution in [2.75, 3.05) is 7.11 Å². The first-order valence-electron chi connectivity index (χ1n) is 11.5. The Morgan fingerprint density at radius 2 is 1.77 bits per heavy atom. The third kappa shape index (κ3) is 5.14. The minimum atomic E-state index is -2.83. The highest BCUT2D eigenvalue weighted by molar-refractivity contribution is 7.42. The van der Waals surface area contributed by atoms with Crippen molar-refractivity contribution in [2.45, 2.75) is 45.2 Å². The number of benzene rings is 2. The first-order chi connectivity index (χ1) is 16.7. The molecule has 3 aromatic rings. The molecule has 7 heteroatoms. The summed E-state index contributed by atoms with van der Waals surface area (Å²) >= 11 is 0. The largest absolute Gasteiger partial charge is 0.423 e. The maximum absolute atomic E-state index is 13.8. The Bertz CT molecular complexity index is 1240. The van der Waals surface area contributed by atoms with Crippen LogP contribution in [0.2, 0.25) is 0 Å². The van der Waals surface area contributed by atoms with Crippen molar-refractivity contribution in [1.82, 2.24) is 4.98 Å². The lowest BCUT2D eigenvalue weighted by Crippen LogP contribution is -2.36. The highest BCUT2D eigenvalue weighted by Crippen LogP contribution is 2.47. The van der Waals surface area contributed by atoms with E-state index < -0.39 is 19.2 Å². The number of carbonyl (C=O) groups is 1. The molecule has 0 bridgehead atoms. The van der Waals surface area contributed by atoms with Crippen LogP contribution in [-0.2, 0) is 13.9 Å². The monoisotopic (exact) mass is 495 g/mol. The molecule has 1 heterocycles. The molecule has 0 N–H and O–H groups in total. The molecule has 0 saturated carbocycles. The van der Waals surface area contributed by atoms with Crippen molar-refractivity contribution in [3.63, 3.8) is 0 Å². The van der Waals surface area contributed by atoms with Crippen molar-refractivity contribution in [3.05, 3.63) is 84.3 Å². The van der Waals surface area contributed by atoms with Gasteiger partial charge in [0.15, 0.2) is 10.9 Å². The molecule has 2 unspecified atom stereocenters. The number of nitrogens with zero attached hydrogens (tertiary/aromatic N) is 1. The van der Waals surface area contributed by atoms with Gasteiger partial charge in [0.1, 0.15) is 5.82 Å². The molecular formula is C28H31FNO4P. The molecule has 3 rings (SSSR count). The number of hydrogen-bond donors (Lipinski definition) is 0. The molecule has 184 valence electrons. The Morgan fingerprint density at radius 1 is 1.14 bits per heavy atom. The number of halogens is 1. The zero-order valence-electron chi connectivity index (χ0n) is 20.7. The maximum atomic E-state index is 13.8. The molecule has 0 aliphatic heterocycles. The summed E-state index contributed by atoms with van der Waals surface area (Å²) in [4.78, 5) is 18.5. The van der Waals surface area contributed by atoms with Crippen LogP contribution in [0.4, 0.5) is 4.39 Å². The SMILES string of the molecule is C=CC(CC)(C(=O)Oc1c(C(C)C)nc(-c2ccccc2)c(C)c1-c1ccc(F)cc1)[PH](=O)OC. The summed E-state index contributed by atoms with van der Waals surface area (Å²) in [6, 6.07) is 15.7. The van der Waals surface area contributed by atoms with E-state index in [1.54, 1.807) is 19.1 Å². The van der Waals surface area contributed by atoms with E-state index in [0.717, 1.165) is 16.8 Å². The molecule has 0 spiro atoms. The van der Waals surface area contributed by atoms with Crippen LogP contribution in [0.25, 0.3) is 22.4 Å². The summed E-state index contributed by atoms with van der Waals surface area (Å²) in [5, 5.41) is -1.49.